The van der Waals surface area contributed by atoms with E-state index in [9.17, 15) is 8.42 Å². The van der Waals surface area contributed by atoms with E-state index in [0.717, 1.165) is 25.3 Å². The van der Waals surface area contributed by atoms with Crippen molar-refractivity contribution < 1.29 is 13.2 Å². The van der Waals surface area contributed by atoms with Gasteiger partial charge in [-0.05, 0) is 62.4 Å². The number of benzene rings is 1. The van der Waals surface area contributed by atoms with Crippen molar-refractivity contribution in [3.63, 3.8) is 0 Å². The van der Waals surface area contributed by atoms with Crippen LogP contribution < -0.4 is 10.1 Å². The summed E-state index contributed by atoms with van der Waals surface area (Å²) in [7, 11) is -1.81. The van der Waals surface area contributed by atoms with Gasteiger partial charge in [0.15, 0.2) is 0 Å². The number of hydrogen-bond acceptors (Lipinski definition) is 4. The van der Waals surface area contributed by atoms with Gasteiger partial charge in [-0.3, -0.25) is 0 Å². The summed E-state index contributed by atoms with van der Waals surface area (Å²) in [6.45, 7) is 2.28. The number of hydrogen-bond donors (Lipinski definition) is 1. The first kappa shape index (κ1) is 15.8. The molecule has 6 heteroatoms. The van der Waals surface area contributed by atoms with Crippen molar-refractivity contribution in [1.29, 1.82) is 0 Å². The van der Waals surface area contributed by atoms with Crippen LogP contribution in [0.3, 0.4) is 0 Å². The number of ether oxygens (including phenoxy) is 1. The van der Waals surface area contributed by atoms with Crippen LogP contribution in [0.15, 0.2) is 29.2 Å². The first-order valence-corrected chi connectivity index (χ1v) is 9.41. The lowest BCUT2D eigenvalue weighted by Crippen LogP contribution is -2.45. The van der Waals surface area contributed by atoms with E-state index < -0.39 is 10.0 Å². The predicted molar refractivity (Wildman–Crippen MR) is 85.5 cm³/mol. The zero-order valence-corrected chi connectivity index (χ0v) is 13.8. The molecule has 0 bridgehead atoms. The summed E-state index contributed by atoms with van der Waals surface area (Å²) < 4.78 is 31.9. The Morgan fingerprint density at radius 1 is 1.14 bits per heavy atom. The highest BCUT2D eigenvalue weighted by Gasteiger charge is 2.30. The van der Waals surface area contributed by atoms with E-state index in [-0.39, 0.29) is 0 Å². The molecule has 0 atom stereocenters. The third-order valence-corrected chi connectivity index (χ3v) is 6.46. The van der Waals surface area contributed by atoms with E-state index in [1.54, 1.807) is 35.7 Å². The second-order valence-corrected chi connectivity index (χ2v) is 8.14. The molecule has 0 unspecified atom stereocenters. The molecule has 1 aliphatic heterocycles. The molecule has 1 aromatic rings. The number of rotatable bonds is 6. The summed E-state index contributed by atoms with van der Waals surface area (Å²) >= 11 is 0. The van der Waals surface area contributed by atoms with Gasteiger partial charge in [-0.2, -0.15) is 4.31 Å². The molecular formula is C16H24N2O3S. The van der Waals surface area contributed by atoms with Gasteiger partial charge in [0, 0.05) is 19.1 Å². The van der Waals surface area contributed by atoms with E-state index in [2.05, 4.69) is 5.32 Å². The van der Waals surface area contributed by atoms with Gasteiger partial charge >= 0.3 is 0 Å². The standard InChI is InChI=1S/C16H24N2O3S/c1-21-15-4-6-16(7-5-15)22(19,20)18-10-8-14(9-11-18)17-12-13-2-3-13/h4-7,13-14,17H,2-3,8-12H2,1H3. The van der Waals surface area contributed by atoms with Crippen LogP contribution in [-0.2, 0) is 10.0 Å². The van der Waals surface area contributed by atoms with Crippen LogP contribution in [0.4, 0.5) is 0 Å². The average Bonchev–Trinajstić information content (AvgIpc) is 3.38. The molecule has 0 amide bonds. The molecule has 5 nitrogen and oxygen atoms in total. The lowest BCUT2D eigenvalue weighted by atomic mass is 10.1. The largest absolute Gasteiger partial charge is 0.497 e. The van der Waals surface area contributed by atoms with Crippen LogP contribution in [0.1, 0.15) is 25.7 Å². The molecule has 2 aliphatic rings. The zero-order chi connectivity index (χ0) is 15.6. The van der Waals surface area contributed by atoms with E-state index in [1.165, 1.54) is 12.8 Å². The van der Waals surface area contributed by atoms with Crippen LogP contribution in [0.5, 0.6) is 5.75 Å². The van der Waals surface area contributed by atoms with Gasteiger partial charge < -0.3 is 10.1 Å². The molecule has 2 fully saturated rings. The molecule has 1 saturated carbocycles. The van der Waals surface area contributed by atoms with E-state index in [1.807, 2.05) is 0 Å². The van der Waals surface area contributed by atoms with Crippen molar-refractivity contribution in [2.75, 3.05) is 26.7 Å². The second kappa shape index (κ2) is 6.56. The fourth-order valence-electron chi connectivity index (χ4n) is 2.85. The van der Waals surface area contributed by atoms with Crippen molar-refractivity contribution in [3.8, 4) is 5.75 Å². The SMILES string of the molecule is COc1ccc(S(=O)(=O)N2CCC(NCC3CC3)CC2)cc1. The normalized spacial score (nSPS) is 21.0. The summed E-state index contributed by atoms with van der Waals surface area (Å²) in [6, 6.07) is 7.08. The van der Waals surface area contributed by atoms with E-state index in [4.69, 9.17) is 4.74 Å². The fraction of sp³-hybridized carbons (Fsp3) is 0.625. The van der Waals surface area contributed by atoms with E-state index >= 15 is 0 Å². The first-order chi connectivity index (χ1) is 10.6. The molecule has 1 saturated heterocycles. The van der Waals surface area contributed by atoms with Crippen molar-refractivity contribution in [3.05, 3.63) is 24.3 Å². The molecular weight excluding hydrogens is 300 g/mol. The van der Waals surface area contributed by atoms with Gasteiger partial charge in [0.25, 0.3) is 0 Å². The van der Waals surface area contributed by atoms with Crippen molar-refractivity contribution in [1.82, 2.24) is 9.62 Å². The maximum absolute atomic E-state index is 12.6. The highest BCUT2D eigenvalue weighted by atomic mass is 32.2. The minimum atomic E-state index is -3.38. The summed E-state index contributed by atoms with van der Waals surface area (Å²) in [5, 5.41) is 3.57. The molecule has 0 aromatic heterocycles. The third kappa shape index (κ3) is 3.62. The summed E-state index contributed by atoms with van der Waals surface area (Å²) in [4.78, 5) is 0.345. The Hall–Kier alpha value is -1.11. The predicted octanol–water partition coefficient (Wildman–Crippen LogP) is 1.85. The highest BCUT2D eigenvalue weighted by molar-refractivity contribution is 7.89. The van der Waals surface area contributed by atoms with Crippen molar-refractivity contribution >= 4 is 10.0 Å². The van der Waals surface area contributed by atoms with Gasteiger partial charge in [-0.15, -0.1) is 0 Å². The second-order valence-electron chi connectivity index (χ2n) is 6.21. The molecule has 3 rings (SSSR count). The van der Waals surface area contributed by atoms with Gasteiger partial charge in [-0.1, -0.05) is 0 Å². The number of nitrogens with one attached hydrogen (secondary N) is 1. The van der Waals surface area contributed by atoms with E-state index in [0.29, 0.717) is 29.8 Å². The van der Waals surface area contributed by atoms with Crippen LogP contribution in [0, 0.1) is 5.92 Å². The minimum Gasteiger partial charge on any atom is -0.497 e. The molecule has 0 spiro atoms. The Morgan fingerprint density at radius 2 is 1.77 bits per heavy atom. The Morgan fingerprint density at radius 3 is 2.32 bits per heavy atom. The monoisotopic (exact) mass is 324 g/mol. The van der Waals surface area contributed by atoms with Crippen LogP contribution in [0.2, 0.25) is 0 Å². The summed E-state index contributed by atoms with van der Waals surface area (Å²) in [5.41, 5.74) is 0. The Kier molecular flexibility index (Phi) is 4.70. The minimum absolute atomic E-state index is 0.345. The topological polar surface area (TPSA) is 58.6 Å². The lowest BCUT2D eigenvalue weighted by Gasteiger charge is -2.31. The van der Waals surface area contributed by atoms with Gasteiger partial charge in [0.1, 0.15) is 5.75 Å². The molecule has 22 heavy (non-hydrogen) atoms. The van der Waals surface area contributed by atoms with Crippen molar-refractivity contribution in [2.45, 2.75) is 36.6 Å². The smallest absolute Gasteiger partial charge is 0.243 e. The lowest BCUT2D eigenvalue weighted by molar-refractivity contribution is 0.288. The quantitative estimate of drug-likeness (QED) is 0.867. The number of piperidine rings is 1. The maximum Gasteiger partial charge on any atom is 0.243 e. The van der Waals surface area contributed by atoms with Crippen LogP contribution >= 0.6 is 0 Å². The fourth-order valence-corrected chi connectivity index (χ4v) is 4.32. The number of methoxy groups -OCH3 is 1. The molecule has 1 aromatic carbocycles. The number of nitrogens with zero attached hydrogens (tertiary/aromatic N) is 1. The first-order valence-electron chi connectivity index (χ1n) is 7.97. The Balaban J connectivity index is 1.58. The molecule has 1 heterocycles. The average molecular weight is 324 g/mol. The molecule has 1 aliphatic carbocycles. The highest BCUT2D eigenvalue weighted by Crippen LogP contribution is 2.28. The molecule has 1 N–H and O–H groups in total. The summed E-state index contributed by atoms with van der Waals surface area (Å²) in [5.74, 6) is 1.53. The number of sulfonamides is 1. The van der Waals surface area contributed by atoms with Gasteiger partial charge in [0.05, 0.1) is 12.0 Å². The molecule has 0 radical (unpaired) electrons. The Labute approximate surface area is 132 Å². The third-order valence-electron chi connectivity index (χ3n) is 4.54. The van der Waals surface area contributed by atoms with Gasteiger partial charge in [-0.25, -0.2) is 8.42 Å². The van der Waals surface area contributed by atoms with Gasteiger partial charge in [0.2, 0.25) is 10.0 Å². The Bertz CT molecular complexity index is 588. The van der Waals surface area contributed by atoms with Crippen LogP contribution in [0.25, 0.3) is 0 Å². The molecule has 122 valence electrons. The maximum atomic E-state index is 12.6. The summed E-state index contributed by atoms with van der Waals surface area (Å²) in [6.07, 6.45) is 4.47. The zero-order valence-electron chi connectivity index (χ0n) is 13.0. The van der Waals surface area contributed by atoms with Crippen LogP contribution in [-0.4, -0.2) is 45.5 Å². The van der Waals surface area contributed by atoms with Crippen molar-refractivity contribution in [2.24, 2.45) is 5.92 Å².